The molecule has 0 fully saturated rings. The molecule has 0 saturated carbocycles. The van der Waals surface area contributed by atoms with Gasteiger partial charge in [0.2, 0.25) is 0 Å². The van der Waals surface area contributed by atoms with Gasteiger partial charge in [0.05, 0.1) is 12.7 Å². The maximum absolute atomic E-state index is 10.5. The van der Waals surface area contributed by atoms with Crippen LogP contribution in [0.1, 0.15) is 26.7 Å². The highest BCUT2D eigenvalue weighted by Gasteiger charge is 2.32. The van der Waals surface area contributed by atoms with Crippen molar-refractivity contribution in [3.05, 3.63) is 0 Å². The fourth-order valence-corrected chi connectivity index (χ4v) is 0.782. The van der Waals surface area contributed by atoms with Crippen LogP contribution in [-0.4, -0.2) is 69.0 Å². The van der Waals surface area contributed by atoms with Crippen LogP contribution in [0, 0.1) is 0 Å². The van der Waals surface area contributed by atoms with Crippen LogP contribution in [0.25, 0.3) is 0 Å². The summed E-state index contributed by atoms with van der Waals surface area (Å²) in [5, 5.41) is 41.9. The van der Waals surface area contributed by atoms with Crippen LogP contribution in [0.5, 0.6) is 0 Å². The van der Waals surface area contributed by atoms with Crippen molar-refractivity contribution in [2.24, 2.45) is 0 Å². The van der Waals surface area contributed by atoms with Gasteiger partial charge in [0.25, 0.3) is 0 Å². The molecular formula is C11H22O8. The predicted molar refractivity (Wildman–Crippen MR) is 64.7 cm³/mol. The zero-order valence-electron chi connectivity index (χ0n) is 11.0. The van der Waals surface area contributed by atoms with Crippen LogP contribution in [0.2, 0.25) is 0 Å². The van der Waals surface area contributed by atoms with Crippen molar-refractivity contribution in [2.45, 2.75) is 45.0 Å². The first-order chi connectivity index (χ1) is 8.77. The number of carbonyl (C=O) groups is 2. The third-order valence-corrected chi connectivity index (χ3v) is 1.84. The van der Waals surface area contributed by atoms with Gasteiger partial charge in [-0.25, -0.2) is 9.59 Å². The van der Waals surface area contributed by atoms with Gasteiger partial charge in [0, 0.05) is 6.61 Å². The third kappa shape index (κ3) is 11.6. The number of carboxylic acid groups (broad SMARTS) is 2. The number of aliphatic carboxylic acids is 2. The predicted octanol–water partition coefficient (Wildman–Crippen LogP) is -0.939. The number of hydrogen-bond donors (Lipinski definition) is 5. The van der Waals surface area contributed by atoms with Gasteiger partial charge in [-0.3, -0.25) is 0 Å². The molecule has 0 aromatic rings. The van der Waals surface area contributed by atoms with Gasteiger partial charge in [-0.05, 0) is 13.3 Å². The highest BCUT2D eigenvalue weighted by molar-refractivity contribution is 5.83. The fourth-order valence-electron chi connectivity index (χ4n) is 0.782. The molecule has 0 radical (unpaired) electrons. The van der Waals surface area contributed by atoms with E-state index in [4.69, 9.17) is 30.3 Å². The van der Waals surface area contributed by atoms with Gasteiger partial charge >= 0.3 is 11.9 Å². The molecule has 0 rings (SSSR count). The molecule has 0 aromatic carbocycles. The number of carboxylic acids is 2. The van der Waals surface area contributed by atoms with E-state index in [1.165, 1.54) is 6.92 Å². The standard InChI is InChI=1S/C8H14O6.C3H8O2/c1-2-3-4-14-6(8(12)13)5(9)7(10)11;1-3(5)2-4/h5-6,9H,2-4H2,1H3,(H,10,11)(H,12,13);3-5H,2H2,1H3. The average molecular weight is 282 g/mol. The van der Waals surface area contributed by atoms with Crippen LogP contribution in [0.3, 0.4) is 0 Å². The van der Waals surface area contributed by atoms with Crippen molar-refractivity contribution < 1.29 is 39.9 Å². The lowest BCUT2D eigenvalue weighted by molar-refractivity contribution is -0.171. The second-order valence-corrected chi connectivity index (χ2v) is 3.80. The lowest BCUT2D eigenvalue weighted by Crippen LogP contribution is -2.41. The van der Waals surface area contributed by atoms with Crippen molar-refractivity contribution in [3.63, 3.8) is 0 Å². The van der Waals surface area contributed by atoms with E-state index in [2.05, 4.69) is 0 Å². The fraction of sp³-hybridized carbons (Fsp3) is 0.818. The largest absolute Gasteiger partial charge is 0.479 e. The Balaban J connectivity index is 0. The summed E-state index contributed by atoms with van der Waals surface area (Å²) in [5.74, 6) is -3.08. The minimum Gasteiger partial charge on any atom is -0.479 e. The van der Waals surface area contributed by atoms with E-state index in [0.29, 0.717) is 6.42 Å². The minimum atomic E-state index is -2.02. The first kappa shape index (κ1) is 20.1. The maximum Gasteiger partial charge on any atom is 0.336 e. The lowest BCUT2D eigenvalue weighted by Gasteiger charge is -2.15. The Morgan fingerprint density at radius 3 is 1.89 bits per heavy atom. The summed E-state index contributed by atoms with van der Waals surface area (Å²) in [4.78, 5) is 20.8. The normalized spacial score (nSPS) is 14.8. The molecule has 0 aliphatic rings. The molecule has 8 nitrogen and oxygen atoms in total. The number of ether oxygens (including phenoxy) is 1. The van der Waals surface area contributed by atoms with E-state index < -0.39 is 30.3 Å². The van der Waals surface area contributed by atoms with Gasteiger partial charge in [-0.15, -0.1) is 0 Å². The molecule has 0 bridgehead atoms. The summed E-state index contributed by atoms with van der Waals surface area (Å²) in [7, 11) is 0. The number of rotatable bonds is 8. The smallest absolute Gasteiger partial charge is 0.336 e. The van der Waals surface area contributed by atoms with E-state index >= 15 is 0 Å². The molecule has 0 aliphatic carbocycles. The molecule has 19 heavy (non-hydrogen) atoms. The summed E-state index contributed by atoms with van der Waals surface area (Å²) in [5.41, 5.74) is 0. The maximum atomic E-state index is 10.5. The summed E-state index contributed by atoms with van der Waals surface area (Å²) < 4.78 is 4.74. The topological polar surface area (TPSA) is 145 Å². The monoisotopic (exact) mass is 282 g/mol. The van der Waals surface area contributed by atoms with Crippen molar-refractivity contribution in [1.82, 2.24) is 0 Å². The Bertz CT molecular complexity index is 253. The SMILES string of the molecule is CC(O)CO.CCCCOC(C(=O)O)C(O)C(=O)O. The number of hydrogen-bond acceptors (Lipinski definition) is 6. The third-order valence-electron chi connectivity index (χ3n) is 1.84. The highest BCUT2D eigenvalue weighted by atomic mass is 16.5. The Kier molecular flexibility index (Phi) is 12.5. The Labute approximate surface area is 111 Å². The zero-order chi connectivity index (χ0) is 15.4. The Hall–Kier alpha value is -1.22. The summed E-state index contributed by atoms with van der Waals surface area (Å²) in [6.45, 7) is 3.39. The molecule has 0 aliphatic heterocycles. The summed E-state index contributed by atoms with van der Waals surface area (Å²) >= 11 is 0. The Morgan fingerprint density at radius 1 is 1.16 bits per heavy atom. The Morgan fingerprint density at radius 2 is 1.63 bits per heavy atom. The molecule has 8 heteroatoms. The molecular weight excluding hydrogens is 260 g/mol. The van der Waals surface area contributed by atoms with Gasteiger partial charge in [-0.2, -0.15) is 0 Å². The molecule has 0 spiro atoms. The van der Waals surface area contributed by atoms with Crippen molar-refractivity contribution in [3.8, 4) is 0 Å². The van der Waals surface area contributed by atoms with Crippen molar-refractivity contribution in [1.29, 1.82) is 0 Å². The van der Waals surface area contributed by atoms with Crippen molar-refractivity contribution in [2.75, 3.05) is 13.2 Å². The van der Waals surface area contributed by atoms with Crippen LogP contribution in [-0.2, 0) is 14.3 Å². The zero-order valence-corrected chi connectivity index (χ0v) is 11.0. The molecule has 5 N–H and O–H groups in total. The van der Waals surface area contributed by atoms with E-state index in [1.807, 2.05) is 6.92 Å². The van der Waals surface area contributed by atoms with E-state index in [0.717, 1.165) is 6.42 Å². The summed E-state index contributed by atoms with van der Waals surface area (Å²) in [6.07, 6.45) is -2.86. The number of aliphatic hydroxyl groups is 3. The van der Waals surface area contributed by atoms with Gasteiger partial charge < -0.3 is 30.3 Å². The molecule has 0 aromatic heterocycles. The second kappa shape index (κ2) is 11.8. The van der Waals surface area contributed by atoms with Gasteiger partial charge in [-0.1, -0.05) is 13.3 Å². The van der Waals surface area contributed by atoms with E-state index in [-0.39, 0.29) is 13.2 Å². The van der Waals surface area contributed by atoms with E-state index in [1.54, 1.807) is 0 Å². The quantitative estimate of drug-likeness (QED) is 0.359. The van der Waals surface area contributed by atoms with Crippen LogP contribution >= 0.6 is 0 Å². The number of unbranched alkanes of at least 4 members (excludes halogenated alkanes) is 1. The van der Waals surface area contributed by atoms with E-state index in [9.17, 15) is 9.59 Å². The second-order valence-electron chi connectivity index (χ2n) is 3.80. The van der Waals surface area contributed by atoms with Crippen LogP contribution in [0.15, 0.2) is 0 Å². The minimum absolute atomic E-state index is 0.123. The lowest BCUT2D eigenvalue weighted by atomic mass is 10.2. The average Bonchev–Trinajstić information content (AvgIpc) is 2.34. The van der Waals surface area contributed by atoms with Gasteiger partial charge in [0.1, 0.15) is 0 Å². The molecule has 0 amide bonds. The molecule has 114 valence electrons. The molecule has 0 saturated heterocycles. The molecule has 3 unspecified atom stereocenters. The first-order valence-electron chi connectivity index (χ1n) is 5.82. The summed E-state index contributed by atoms with van der Waals surface area (Å²) in [6, 6.07) is 0. The molecule has 3 atom stereocenters. The van der Waals surface area contributed by atoms with Gasteiger partial charge in [0.15, 0.2) is 12.2 Å². The highest BCUT2D eigenvalue weighted by Crippen LogP contribution is 2.02. The van der Waals surface area contributed by atoms with Crippen molar-refractivity contribution >= 4 is 11.9 Å². The number of aliphatic hydroxyl groups excluding tert-OH is 3. The first-order valence-corrected chi connectivity index (χ1v) is 5.82. The van der Waals surface area contributed by atoms with Crippen LogP contribution < -0.4 is 0 Å². The van der Waals surface area contributed by atoms with Crippen LogP contribution in [0.4, 0.5) is 0 Å². The molecule has 0 heterocycles.